The van der Waals surface area contributed by atoms with Gasteiger partial charge in [0.05, 0.1) is 6.10 Å². The van der Waals surface area contributed by atoms with Crippen molar-refractivity contribution in [2.45, 2.75) is 70.4 Å². The van der Waals surface area contributed by atoms with Crippen molar-refractivity contribution in [3.63, 3.8) is 0 Å². The molecule has 2 fully saturated rings. The molecule has 2 unspecified atom stereocenters. The van der Waals surface area contributed by atoms with Crippen molar-refractivity contribution in [1.29, 1.82) is 0 Å². The zero-order valence-corrected chi connectivity index (χ0v) is 12.9. The first kappa shape index (κ1) is 15.8. The summed E-state index contributed by atoms with van der Waals surface area (Å²) in [5, 5.41) is 3.42. The summed E-state index contributed by atoms with van der Waals surface area (Å²) >= 11 is 0. The van der Waals surface area contributed by atoms with Crippen molar-refractivity contribution in [2.75, 3.05) is 26.2 Å². The number of ether oxygens (including phenoxy) is 1. The molecule has 0 aromatic rings. The van der Waals surface area contributed by atoms with Gasteiger partial charge in [0.1, 0.15) is 0 Å². The van der Waals surface area contributed by atoms with E-state index in [1.54, 1.807) is 0 Å². The highest BCUT2D eigenvalue weighted by Gasteiger charge is 2.25. The SMILES string of the molecule is CCCN(C(=O)CCC1CCCCO1)C1CCCNC1. The van der Waals surface area contributed by atoms with E-state index >= 15 is 0 Å². The van der Waals surface area contributed by atoms with E-state index in [0.717, 1.165) is 51.9 Å². The van der Waals surface area contributed by atoms with Gasteiger partial charge in [0.15, 0.2) is 0 Å². The first-order valence-electron chi connectivity index (χ1n) is 8.43. The molecule has 0 spiro atoms. The van der Waals surface area contributed by atoms with Gasteiger partial charge in [0, 0.05) is 32.2 Å². The van der Waals surface area contributed by atoms with Gasteiger partial charge in [-0.1, -0.05) is 6.92 Å². The predicted molar refractivity (Wildman–Crippen MR) is 80.7 cm³/mol. The molecule has 0 radical (unpaired) electrons. The lowest BCUT2D eigenvalue weighted by Gasteiger charge is -2.35. The average molecular weight is 282 g/mol. The van der Waals surface area contributed by atoms with Gasteiger partial charge in [-0.15, -0.1) is 0 Å². The standard InChI is InChI=1S/C16H30N2O2/c1-2-11-18(14-6-5-10-17-13-14)16(19)9-8-15-7-3-4-12-20-15/h14-15,17H,2-13H2,1H3. The molecule has 2 saturated heterocycles. The fraction of sp³-hybridized carbons (Fsp3) is 0.938. The summed E-state index contributed by atoms with van der Waals surface area (Å²) < 4.78 is 5.73. The highest BCUT2D eigenvalue weighted by Crippen LogP contribution is 2.19. The molecular formula is C16H30N2O2. The van der Waals surface area contributed by atoms with Crippen LogP contribution in [0.3, 0.4) is 0 Å². The third-order valence-electron chi connectivity index (χ3n) is 4.45. The molecule has 4 nitrogen and oxygen atoms in total. The zero-order valence-electron chi connectivity index (χ0n) is 12.9. The zero-order chi connectivity index (χ0) is 14.2. The summed E-state index contributed by atoms with van der Waals surface area (Å²) in [6, 6.07) is 0.406. The summed E-state index contributed by atoms with van der Waals surface area (Å²) in [7, 11) is 0. The first-order valence-corrected chi connectivity index (χ1v) is 8.43. The topological polar surface area (TPSA) is 41.6 Å². The molecule has 0 aliphatic carbocycles. The Balaban J connectivity index is 1.79. The lowest BCUT2D eigenvalue weighted by atomic mass is 10.0. The number of carbonyl (C=O) groups is 1. The summed E-state index contributed by atoms with van der Waals surface area (Å²) in [6.07, 6.45) is 8.82. The molecule has 20 heavy (non-hydrogen) atoms. The molecular weight excluding hydrogens is 252 g/mol. The molecule has 0 aromatic carbocycles. The maximum atomic E-state index is 12.5. The average Bonchev–Trinajstić information content (AvgIpc) is 2.52. The maximum Gasteiger partial charge on any atom is 0.222 e. The Hall–Kier alpha value is -0.610. The predicted octanol–water partition coefficient (Wildman–Crippen LogP) is 2.33. The highest BCUT2D eigenvalue weighted by atomic mass is 16.5. The summed E-state index contributed by atoms with van der Waals surface area (Å²) in [5.41, 5.74) is 0. The summed E-state index contributed by atoms with van der Waals surface area (Å²) in [6.45, 7) is 5.99. The van der Waals surface area contributed by atoms with Crippen LogP contribution in [0.5, 0.6) is 0 Å². The number of hydrogen-bond donors (Lipinski definition) is 1. The number of carbonyl (C=O) groups excluding carboxylic acids is 1. The number of nitrogens with one attached hydrogen (secondary N) is 1. The Labute approximate surface area is 123 Å². The minimum atomic E-state index is 0.320. The van der Waals surface area contributed by atoms with E-state index < -0.39 is 0 Å². The Kier molecular flexibility index (Phi) is 6.80. The summed E-state index contributed by atoms with van der Waals surface area (Å²) in [5.74, 6) is 0.328. The van der Waals surface area contributed by atoms with Crippen LogP contribution in [0, 0.1) is 0 Å². The Morgan fingerprint density at radius 1 is 1.30 bits per heavy atom. The van der Waals surface area contributed by atoms with Crippen LogP contribution in [0.15, 0.2) is 0 Å². The quantitative estimate of drug-likeness (QED) is 0.813. The molecule has 4 heteroatoms. The largest absolute Gasteiger partial charge is 0.378 e. The molecule has 2 heterocycles. The highest BCUT2D eigenvalue weighted by molar-refractivity contribution is 5.76. The van der Waals surface area contributed by atoms with E-state index in [4.69, 9.17) is 4.74 Å². The number of piperidine rings is 1. The van der Waals surface area contributed by atoms with Crippen LogP contribution in [0.1, 0.15) is 58.3 Å². The van der Waals surface area contributed by atoms with Gasteiger partial charge in [-0.2, -0.15) is 0 Å². The molecule has 1 amide bonds. The lowest BCUT2D eigenvalue weighted by Crippen LogP contribution is -2.49. The van der Waals surface area contributed by atoms with Gasteiger partial charge in [-0.3, -0.25) is 4.79 Å². The van der Waals surface area contributed by atoms with Crippen LogP contribution in [0.25, 0.3) is 0 Å². The van der Waals surface area contributed by atoms with Crippen molar-refractivity contribution >= 4 is 5.91 Å². The van der Waals surface area contributed by atoms with Gasteiger partial charge in [-0.25, -0.2) is 0 Å². The fourth-order valence-corrected chi connectivity index (χ4v) is 3.31. The van der Waals surface area contributed by atoms with E-state index in [1.807, 2.05) is 0 Å². The molecule has 116 valence electrons. The van der Waals surface area contributed by atoms with Gasteiger partial charge >= 0.3 is 0 Å². The van der Waals surface area contributed by atoms with Crippen LogP contribution in [0.4, 0.5) is 0 Å². The number of nitrogens with zero attached hydrogens (tertiary/aromatic N) is 1. The van der Waals surface area contributed by atoms with E-state index in [0.29, 0.717) is 24.5 Å². The van der Waals surface area contributed by atoms with Crippen molar-refractivity contribution in [1.82, 2.24) is 10.2 Å². The van der Waals surface area contributed by atoms with E-state index in [-0.39, 0.29) is 0 Å². The van der Waals surface area contributed by atoms with Gasteiger partial charge in [0.25, 0.3) is 0 Å². The van der Waals surface area contributed by atoms with Crippen molar-refractivity contribution < 1.29 is 9.53 Å². The van der Waals surface area contributed by atoms with Crippen molar-refractivity contribution in [3.8, 4) is 0 Å². The van der Waals surface area contributed by atoms with Gasteiger partial charge in [-0.05, 0) is 51.5 Å². The van der Waals surface area contributed by atoms with Crippen LogP contribution in [0.2, 0.25) is 0 Å². The minimum absolute atomic E-state index is 0.320. The normalized spacial score (nSPS) is 27.2. The molecule has 0 aromatic heterocycles. The Morgan fingerprint density at radius 2 is 2.20 bits per heavy atom. The van der Waals surface area contributed by atoms with Crippen molar-refractivity contribution in [3.05, 3.63) is 0 Å². The molecule has 0 bridgehead atoms. The third-order valence-corrected chi connectivity index (χ3v) is 4.45. The van der Waals surface area contributed by atoms with Gasteiger partial charge in [0.2, 0.25) is 5.91 Å². The molecule has 1 N–H and O–H groups in total. The van der Waals surface area contributed by atoms with Crippen molar-refractivity contribution in [2.24, 2.45) is 0 Å². The van der Waals surface area contributed by atoms with Gasteiger partial charge < -0.3 is 15.0 Å². The number of amides is 1. The molecule has 2 atom stereocenters. The van der Waals surface area contributed by atoms with Crippen LogP contribution in [-0.4, -0.2) is 49.2 Å². The second-order valence-corrected chi connectivity index (χ2v) is 6.11. The van der Waals surface area contributed by atoms with Crippen LogP contribution in [-0.2, 0) is 9.53 Å². The Bertz CT molecular complexity index is 284. The Morgan fingerprint density at radius 3 is 2.85 bits per heavy atom. The van der Waals surface area contributed by atoms with Crippen LogP contribution < -0.4 is 5.32 Å². The lowest BCUT2D eigenvalue weighted by molar-refractivity contribution is -0.135. The molecule has 2 aliphatic heterocycles. The number of hydrogen-bond acceptors (Lipinski definition) is 3. The monoisotopic (exact) mass is 282 g/mol. The van der Waals surface area contributed by atoms with E-state index in [1.165, 1.54) is 19.3 Å². The molecule has 2 rings (SSSR count). The molecule has 2 aliphatic rings. The number of rotatable bonds is 6. The minimum Gasteiger partial charge on any atom is -0.378 e. The smallest absolute Gasteiger partial charge is 0.222 e. The molecule has 0 saturated carbocycles. The second kappa shape index (κ2) is 8.63. The third kappa shape index (κ3) is 4.74. The first-order chi connectivity index (χ1) is 9.81. The summed E-state index contributed by atoms with van der Waals surface area (Å²) in [4.78, 5) is 14.6. The van der Waals surface area contributed by atoms with Crippen LogP contribution >= 0.6 is 0 Å². The van der Waals surface area contributed by atoms with E-state index in [9.17, 15) is 4.79 Å². The fourth-order valence-electron chi connectivity index (χ4n) is 3.31. The second-order valence-electron chi connectivity index (χ2n) is 6.11. The van der Waals surface area contributed by atoms with E-state index in [2.05, 4.69) is 17.1 Å². The maximum absolute atomic E-state index is 12.5.